The minimum absolute atomic E-state index is 0.00443. The van der Waals surface area contributed by atoms with E-state index in [2.05, 4.69) is 27.3 Å². The zero-order valence-corrected chi connectivity index (χ0v) is 19.5. The maximum Gasteiger partial charge on any atom is 0.279 e. The van der Waals surface area contributed by atoms with Gasteiger partial charge in [-0.3, -0.25) is 24.3 Å². The molecule has 3 heterocycles. The summed E-state index contributed by atoms with van der Waals surface area (Å²) in [6, 6.07) is 15.4. The van der Waals surface area contributed by atoms with E-state index in [4.69, 9.17) is 0 Å². The highest BCUT2D eigenvalue weighted by Crippen LogP contribution is 2.42. The number of nitrogens with one attached hydrogen (secondary N) is 1. The number of carbonyl (C=O) groups is 3. The van der Waals surface area contributed by atoms with Gasteiger partial charge in [-0.25, -0.2) is 0 Å². The Hall–Kier alpha value is -3.06. The molecule has 2 aliphatic heterocycles. The van der Waals surface area contributed by atoms with Crippen molar-refractivity contribution in [3.05, 3.63) is 66.0 Å². The SMILES string of the molecule is O=C(N[C@@H](CCN1CCC2(CC1)CCN(C(=O)c1ccccn1)C2=O)c1ccccc1)C1CC1. The van der Waals surface area contributed by atoms with Gasteiger partial charge in [0.2, 0.25) is 11.8 Å². The number of likely N-dealkylation sites (tertiary alicyclic amines) is 2. The maximum atomic E-state index is 13.3. The number of imide groups is 1. The third kappa shape index (κ3) is 4.75. The second-order valence-electron chi connectivity index (χ2n) is 9.88. The van der Waals surface area contributed by atoms with E-state index < -0.39 is 5.41 Å². The minimum atomic E-state index is -0.431. The normalized spacial score (nSPS) is 20.9. The molecular weight excluding hydrogens is 428 g/mol. The van der Waals surface area contributed by atoms with Crippen LogP contribution in [0.5, 0.6) is 0 Å². The summed E-state index contributed by atoms with van der Waals surface area (Å²) in [6.45, 7) is 2.99. The molecule has 1 atom stereocenters. The van der Waals surface area contributed by atoms with Gasteiger partial charge in [-0.2, -0.15) is 0 Å². The summed E-state index contributed by atoms with van der Waals surface area (Å²) in [5.41, 5.74) is 1.03. The summed E-state index contributed by atoms with van der Waals surface area (Å²) in [5.74, 6) is 0.0236. The predicted octanol–water partition coefficient (Wildman–Crippen LogP) is 3.19. The molecular formula is C27H32N4O3. The summed E-state index contributed by atoms with van der Waals surface area (Å²) in [7, 11) is 0. The van der Waals surface area contributed by atoms with Gasteiger partial charge in [0.25, 0.3) is 5.91 Å². The molecule has 178 valence electrons. The highest BCUT2D eigenvalue weighted by Gasteiger charge is 2.50. The summed E-state index contributed by atoms with van der Waals surface area (Å²) < 4.78 is 0. The average Bonchev–Trinajstić information content (AvgIpc) is 3.69. The molecule has 7 heteroatoms. The van der Waals surface area contributed by atoms with Crippen LogP contribution in [0.25, 0.3) is 0 Å². The number of nitrogens with zero attached hydrogens (tertiary/aromatic N) is 3. The molecule has 7 nitrogen and oxygen atoms in total. The summed E-state index contributed by atoms with van der Waals surface area (Å²) >= 11 is 0. The first-order valence-electron chi connectivity index (χ1n) is 12.4. The third-order valence-electron chi connectivity index (χ3n) is 7.66. The lowest BCUT2D eigenvalue weighted by atomic mass is 9.77. The lowest BCUT2D eigenvalue weighted by Gasteiger charge is -2.38. The topological polar surface area (TPSA) is 82.6 Å². The Labute approximate surface area is 200 Å². The largest absolute Gasteiger partial charge is 0.349 e. The van der Waals surface area contributed by atoms with Crippen molar-refractivity contribution in [1.82, 2.24) is 20.1 Å². The number of hydrogen-bond donors (Lipinski definition) is 1. The van der Waals surface area contributed by atoms with E-state index in [1.807, 2.05) is 18.2 Å². The van der Waals surface area contributed by atoms with Crippen LogP contribution < -0.4 is 5.32 Å². The molecule has 1 saturated carbocycles. The standard InChI is InChI=1S/C27H32N4O3/c32-24(21-9-10-21)29-22(20-6-2-1-3-7-20)11-16-30-17-12-27(13-18-30)14-19-31(26(27)34)25(33)23-8-4-5-15-28-23/h1-8,15,21-22H,9-14,16-19H2,(H,29,32)/t22-/m0/s1. The lowest BCUT2D eigenvalue weighted by molar-refractivity contribution is -0.136. The second-order valence-corrected chi connectivity index (χ2v) is 9.88. The van der Waals surface area contributed by atoms with Crippen molar-refractivity contribution >= 4 is 17.7 Å². The highest BCUT2D eigenvalue weighted by molar-refractivity contribution is 6.06. The van der Waals surface area contributed by atoms with Crippen molar-refractivity contribution in [2.24, 2.45) is 11.3 Å². The Kier molecular flexibility index (Phi) is 6.46. The Bertz CT molecular complexity index is 1030. The van der Waals surface area contributed by atoms with Gasteiger partial charge in [-0.1, -0.05) is 36.4 Å². The highest BCUT2D eigenvalue weighted by atomic mass is 16.2. The minimum Gasteiger partial charge on any atom is -0.349 e. The van der Waals surface area contributed by atoms with Gasteiger partial charge in [0.1, 0.15) is 5.69 Å². The summed E-state index contributed by atoms with van der Waals surface area (Å²) in [4.78, 5) is 46.4. The van der Waals surface area contributed by atoms with Crippen LogP contribution in [0, 0.1) is 11.3 Å². The molecule has 2 aromatic rings. The number of piperidine rings is 1. The molecule has 3 amide bonds. The fraction of sp³-hybridized carbons (Fsp3) is 0.481. The maximum absolute atomic E-state index is 13.3. The lowest BCUT2D eigenvalue weighted by Crippen LogP contribution is -2.46. The van der Waals surface area contributed by atoms with Crippen LogP contribution in [0.15, 0.2) is 54.7 Å². The molecule has 34 heavy (non-hydrogen) atoms. The molecule has 5 rings (SSSR count). The van der Waals surface area contributed by atoms with Gasteiger partial charge in [-0.15, -0.1) is 0 Å². The van der Waals surface area contributed by atoms with Gasteiger partial charge in [0, 0.05) is 25.2 Å². The van der Waals surface area contributed by atoms with Crippen LogP contribution in [0.3, 0.4) is 0 Å². The zero-order chi connectivity index (χ0) is 23.5. The van der Waals surface area contributed by atoms with E-state index in [1.165, 1.54) is 4.90 Å². The Balaban J connectivity index is 1.17. The first kappa shape index (κ1) is 22.7. The molecule has 0 radical (unpaired) electrons. The average molecular weight is 461 g/mol. The predicted molar refractivity (Wildman–Crippen MR) is 128 cm³/mol. The molecule has 1 aromatic carbocycles. The Morgan fingerprint density at radius 3 is 2.38 bits per heavy atom. The number of pyridine rings is 1. The quantitative estimate of drug-likeness (QED) is 0.642. The first-order chi connectivity index (χ1) is 16.6. The van der Waals surface area contributed by atoms with E-state index in [0.29, 0.717) is 12.2 Å². The van der Waals surface area contributed by atoms with E-state index in [0.717, 1.165) is 63.7 Å². The van der Waals surface area contributed by atoms with Crippen LogP contribution in [-0.2, 0) is 9.59 Å². The fourth-order valence-corrected chi connectivity index (χ4v) is 5.26. The van der Waals surface area contributed by atoms with E-state index in [9.17, 15) is 14.4 Å². The van der Waals surface area contributed by atoms with Crippen LogP contribution in [0.1, 0.15) is 60.6 Å². The molecule has 1 spiro atoms. The molecule has 0 bridgehead atoms. The van der Waals surface area contributed by atoms with E-state index in [1.54, 1.807) is 24.4 Å². The Morgan fingerprint density at radius 2 is 1.71 bits per heavy atom. The molecule has 3 fully saturated rings. The van der Waals surface area contributed by atoms with Gasteiger partial charge in [0.15, 0.2) is 0 Å². The molecule has 1 N–H and O–H groups in total. The van der Waals surface area contributed by atoms with Crippen molar-refractivity contribution < 1.29 is 14.4 Å². The van der Waals surface area contributed by atoms with E-state index >= 15 is 0 Å². The van der Waals surface area contributed by atoms with Crippen molar-refractivity contribution in [3.8, 4) is 0 Å². The smallest absolute Gasteiger partial charge is 0.279 e. The summed E-state index contributed by atoms with van der Waals surface area (Å²) in [5, 5.41) is 3.25. The number of aromatic nitrogens is 1. The zero-order valence-electron chi connectivity index (χ0n) is 19.5. The third-order valence-corrected chi connectivity index (χ3v) is 7.66. The van der Waals surface area contributed by atoms with Crippen LogP contribution in [-0.4, -0.2) is 58.7 Å². The number of carbonyl (C=O) groups excluding carboxylic acids is 3. The molecule has 2 saturated heterocycles. The summed E-state index contributed by atoms with van der Waals surface area (Å²) in [6.07, 6.45) is 6.67. The first-order valence-corrected chi connectivity index (χ1v) is 12.4. The molecule has 1 aromatic heterocycles. The van der Waals surface area contributed by atoms with Crippen LogP contribution in [0.2, 0.25) is 0 Å². The van der Waals surface area contributed by atoms with Crippen molar-refractivity contribution in [1.29, 1.82) is 0 Å². The van der Waals surface area contributed by atoms with Gasteiger partial charge < -0.3 is 10.2 Å². The fourth-order valence-electron chi connectivity index (χ4n) is 5.26. The Morgan fingerprint density at radius 1 is 1.00 bits per heavy atom. The van der Waals surface area contributed by atoms with Crippen molar-refractivity contribution in [3.63, 3.8) is 0 Å². The number of benzene rings is 1. The van der Waals surface area contributed by atoms with Gasteiger partial charge in [-0.05, 0) is 69.3 Å². The van der Waals surface area contributed by atoms with Gasteiger partial charge in [0.05, 0.1) is 11.5 Å². The van der Waals surface area contributed by atoms with Crippen molar-refractivity contribution in [2.75, 3.05) is 26.2 Å². The van der Waals surface area contributed by atoms with Gasteiger partial charge >= 0.3 is 0 Å². The van der Waals surface area contributed by atoms with Crippen molar-refractivity contribution in [2.45, 2.75) is 44.6 Å². The molecule has 3 aliphatic rings. The number of amides is 3. The van der Waals surface area contributed by atoms with Crippen LogP contribution >= 0.6 is 0 Å². The van der Waals surface area contributed by atoms with Crippen LogP contribution in [0.4, 0.5) is 0 Å². The van der Waals surface area contributed by atoms with E-state index in [-0.39, 0.29) is 29.7 Å². The monoisotopic (exact) mass is 460 g/mol. The number of rotatable bonds is 7. The number of hydrogen-bond acceptors (Lipinski definition) is 5. The molecule has 0 unspecified atom stereocenters. The molecule has 1 aliphatic carbocycles. The second kappa shape index (κ2) is 9.66.